The van der Waals surface area contributed by atoms with Crippen molar-refractivity contribution in [2.75, 3.05) is 0 Å². The molecule has 13 aromatic rings. The average Bonchev–Trinajstić information content (AvgIpc) is 4.23. The van der Waals surface area contributed by atoms with E-state index in [4.69, 9.17) is 14.4 Å². The molecule has 80 heavy (non-hydrogen) atoms. The molecule has 0 amide bonds. The average molecular weight is 1220 g/mol. The molecule has 0 aliphatic carbocycles. The van der Waals surface area contributed by atoms with Gasteiger partial charge in [0.05, 0.1) is 39.3 Å². The minimum absolute atomic E-state index is 0. The Bertz CT molecular complexity index is 4240. The Labute approximate surface area is 484 Å². The Morgan fingerprint density at radius 3 is 1.41 bits per heavy atom. The van der Waals surface area contributed by atoms with Crippen molar-refractivity contribution < 1.29 is 24.5 Å². The minimum atomic E-state index is 0. The van der Waals surface area contributed by atoms with Gasteiger partial charge in [0.15, 0.2) is 0 Å². The van der Waals surface area contributed by atoms with Gasteiger partial charge in [0, 0.05) is 36.9 Å². The van der Waals surface area contributed by atoms with Crippen LogP contribution in [-0.4, -0.2) is 19.1 Å². The molecule has 3 heterocycles. The van der Waals surface area contributed by atoms with Gasteiger partial charge >= 0.3 is 0 Å². The quantitative estimate of drug-likeness (QED) is 0.121. The summed E-state index contributed by atoms with van der Waals surface area (Å²) in [6.45, 7) is 18.2. The fourth-order valence-electron chi connectivity index (χ4n) is 11.3. The monoisotopic (exact) mass is 1220 g/mol. The van der Waals surface area contributed by atoms with Gasteiger partial charge in [-0.25, -0.2) is 0 Å². The molecular weight excluding hydrogens is 1150 g/mol. The molecule has 397 valence electrons. The standard InChI is InChI=1S/C49H39N2O.C25H25N2.Ir/c1-31(2)42-28-38(34-16-9-6-10-17-34)29-43(32(3)4)47(42)51-45-21-12-11-20-44(45)50-49(51)41-19-13-18-40-39-27-26-37(30-46(39)52-48(40)41)36-24-22-35(23-25-36)33-14-7-5-8-15-33;1-17(2)20-13-10-14-21(18(3)4)24(20)27-23-16-9-8-15-22(23)26-25(27)19-11-6-5-7-12-19;/h5-18,20-32H,1-4H3;5-11,13-18H,1-4H3;/q2*-1;. The van der Waals surface area contributed by atoms with E-state index in [1.807, 2.05) is 30.3 Å². The van der Waals surface area contributed by atoms with Gasteiger partial charge in [0.2, 0.25) is 0 Å². The van der Waals surface area contributed by atoms with Gasteiger partial charge < -0.3 is 13.6 Å². The minimum Gasteiger partial charge on any atom is -0.501 e. The van der Waals surface area contributed by atoms with Crippen LogP contribution in [0.15, 0.2) is 223 Å². The predicted octanol–water partition coefficient (Wildman–Crippen LogP) is 20.4. The van der Waals surface area contributed by atoms with E-state index in [0.717, 1.165) is 77.9 Å². The number of fused-ring (bicyclic) bond motifs is 5. The molecule has 10 aromatic carbocycles. The third-order valence-corrected chi connectivity index (χ3v) is 15.4. The van der Waals surface area contributed by atoms with Crippen molar-refractivity contribution in [3.8, 4) is 67.5 Å². The molecule has 6 heteroatoms. The largest absolute Gasteiger partial charge is 0.501 e. The van der Waals surface area contributed by atoms with Gasteiger partial charge in [-0.2, -0.15) is 0 Å². The van der Waals surface area contributed by atoms with Crippen LogP contribution < -0.4 is 0 Å². The molecule has 0 N–H and O–H groups in total. The van der Waals surface area contributed by atoms with Gasteiger partial charge in [-0.15, -0.1) is 54.1 Å². The Kier molecular flexibility index (Phi) is 15.2. The van der Waals surface area contributed by atoms with Gasteiger partial charge in [0.25, 0.3) is 0 Å². The van der Waals surface area contributed by atoms with Crippen LogP contribution in [0.2, 0.25) is 0 Å². The molecule has 0 spiro atoms. The molecule has 0 atom stereocenters. The number of aromatic nitrogens is 4. The van der Waals surface area contributed by atoms with Gasteiger partial charge in [-0.1, -0.05) is 206 Å². The van der Waals surface area contributed by atoms with Crippen molar-refractivity contribution >= 4 is 44.0 Å². The zero-order valence-electron chi connectivity index (χ0n) is 46.6. The number of hydrogen-bond donors (Lipinski definition) is 0. The first-order chi connectivity index (χ1) is 38.5. The first-order valence-corrected chi connectivity index (χ1v) is 27.8. The fraction of sp³-hybridized carbons (Fsp3) is 0.162. The Hall–Kier alpha value is -8.41. The molecule has 0 aliphatic rings. The third kappa shape index (κ3) is 10.0. The van der Waals surface area contributed by atoms with Crippen molar-refractivity contribution in [1.82, 2.24) is 19.1 Å². The molecule has 3 aromatic heterocycles. The van der Waals surface area contributed by atoms with E-state index < -0.39 is 0 Å². The third-order valence-electron chi connectivity index (χ3n) is 15.4. The summed E-state index contributed by atoms with van der Waals surface area (Å²) in [6.07, 6.45) is 0. The van der Waals surface area contributed by atoms with E-state index >= 15 is 0 Å². The van der Waals surface area contributed by atoms with Crippen LogP contribution in [0.4, 0.5) is 0 Å². The molecule has 0 aliphatic heterocycles. The summed E-state index contributed by atoms with van der Waals surface area (Å²) in [6, 6.07) is 83.9. The number of nitrogens with zero attached hydrogens (tertiary/aromatic N) is 4. The molecular formula is C74H64IrN4O-2. The summed E-state index contributed by atoms with van der Waals surface area (Å²) < 4.78 is 11.5. The number of benzene rings is 10. The SMILES string of the molecule is CC(C)c1cc(-c2ccccc2)cc(C(C)C)c1-n1c(-c2[c-]ccc3c2oc2cc(-c4ccc(-c5ccccc5)cc4)ccc23)nc2ccccc21.CC(C)c1cccc(C(C)C)c1-n1c(-c2[c-]cccc2)nc2ccccc21.[Ir]. The van der Waals surface area contributed by atoms with Crippen molar-refractivity contribution in [3.05, 3.63) is 253 Å². The Balaban J connectivity index is 0.000000203. The van der Waals surface area contributed by atoms with Crippen molar-refractivity contribution in [2.45, 2.75) is 79.1 Å². The van der Waals surface area contributed by atoms with Crippen molar-refractivity contribution in [3.63, 3.8) is 0 Å². The van der Waals surface area contributed by atoms with Crippen molar-refractivity contribution in [2.24, 2.45) is 0 Å². The Morgan fingerprint density at radius 1 is 0.375 bits per heavy atom. The molecule has 0 bridgehead atoms. The summed E-state index contributed by atoms with van der Waals surface area (Å²) in [4.78, 5) is 10.3. The van der Waals surface area contributed by atoms with Gasteiger partial charge in [-0.05, 0) is 122 Å². The summed E-state index contributed by atoms with van der Waals surface area (Å²) in [5.74, 6) is 3.18. The van der Waals surface area contributed by atoms with Crippen LogP contribution in [0.1, 0.15) is 101 Å². The zero-order chi connectivity index (χ0) is 54.3. The second kappa shape index (κ2) is 22.7. The predicted molar refractivity (Wildman–Crippen MR) is 331 cm³/mol. The molecule has 0 saturated heterocycles. The topological polar surface area (TPSA) is 48.8 Å². The number of para-hydroxylation sites is 5. The number of rotatable bonds is 11. The summed E-state index contributed by atoms with van der Waals surface area (Å²) in [5.41, 5.74) is 22.5. The molecule has 0 saturated carbocycles. The van der Waals surface area contributed by atoms with Gasteiger partial charge in [0.1, 0.15) is 5.58 Å². The second-order valence-electron chi connectivity index (χ2n) is 21.9. The smallest absolute Gasteiger partial charge is 0.121 e. The van der Waals surface area contributed by atoms with E-state index in [-0.39, 0.29) is 31.9 Å². The van der Waals surface area contributed by atoms with E-state index in [1.54, 1.807) is 0 Å². The summed E-state index contributed by atoms with van der Waals surface area (Å²) in [5, 5.41) is 2.14. The molecule has 5 nitrogen and oxygen atoms in total. The zero-order valence-corrected chi connectivity index (χ0v) is 49.0. The van der Waals surface area contributed by atoms with Crippen molar-refractivity contribution in [1.29, 1.82) is 0 Å². The first-order valence-electron chi connectivity index (χ1n) is 27.8. The van der Waals surface area contributed by atoms with Crippen LogP contribution >= 0.6 is 0 Å². The van der Waals surface area contributed by atoms with E-state index in [0.29, 0.717) is 11.8 Å². The maximum Gasteiger partial charge on any atom is 0.121 e. The van der Waals surface area contributed by atoms with E-state index in [9.17, 15) is 0 Å². The summed E-state index contributed by atoms with van der Waals surface area (Å²) >= 11 is 0. The van der Waals surface area contributed by atoms with E-state index in [1.165, 1.54) is 55.9 Å². The molecule has 1 radical (unpaired) electrons. The maximum atomic E-state index is 6.83. The normalized spacial score (nSPS) is 11.6. The molecule has 0 unspecified atom stereocenters. The number of furan rings is 1. The van der Waals surface area contributed by atoms with Crippen LogP contribution in [0.3, 0.4) is 0 Å². The van der Waals surface area contributed by atoms with E-state index in [2.05, 4.69) is 265 Å². The maximum absolute atomic E-state index is 6.83. The number of hydrogen-bond acceptors (Lipinski definition) is 3. The van der Waals surface area contributed by atoms with Crippen LogP contribution in [-0.2, 0) is 20.1 Å². The second-order valence-corrected chi connectivity index (χ2v) is 21.9. The first kappa shape index (κ1) is 53.6. The van der Waals surface area contributed by atoms with Crippen LogP contribution in [0, 0.1) is 12.1 Å². The molecule has 0 fully saturated rings. The van der Waals surface area contributed by atoms with Gasteiger partial charge in [-0.3, -0.25) is 9.97 Å². The van der Waals surface area contributed by atoms with Crippen LogP contribution in [0.5, 0.6) is 0 Å². The summed E-state index contributed by atoms with van der Waals surface area (Å²) in [7, 11) is 0. The Morgan fingerprint density at radius 2 is 0.850 bits per heavy atom. The fourth-order valence-corrected chi connectivity index (χ4v) is 11.3. The van der Waals surface area contributed by atoms with Crippen LogP contribution in [0.25, 0.3) is 112 Å². The molecule has 13 rings (SSSR count). The number of imidazole rings is 2.